The van der Waals surface area contributed by atoms with Crippen molar-refractivity contribution in [1.82, 2.24) is 10.2 Å². The standard InChI is InChI=1S/C16H32N2O2S/c1-13(2)10-14(18-6-8-20-9-7-18)11-17-15(19)12-21-16(3,4)5/h13-14H,6-12H2,1-5H3,(H,17,19). The SMILES string of the molecule is CC(C)CC(CNC(=O)CSC(C)(C)C)N1CCOCC1. The third-order valence-corrected chi connectivity index (χ3v) is 4.75. The third-order valence-electron chi connectivity index (χ3n) is 3.48. The second kappa shape index (κ2) is 9.01. The second-order valence-electron chi connectivity index (χ2n) is 7.14. The number of carbonyl (C=O) groups excluding carboxylic acids is 1. The first-order chi connectivity index (χ1) is 9.78. The lowest BCUT2D eigenvalue weighted by Gasteiger charge is -2.35. The molecule has 1 atom stereocenters. The van der Waals surface area contributed by atoms with Gasteiger partial charge in [-0.05, 0) is 12.3 Å². The van der Waals surface area contributed by atoms with Crippen LogP contribution in [-0.4, -0.2) is 60.2 Å². The molecule has 0 aromatic carbocycles. The van der Waals surface area contributed by atoms with Crippen molar-refractivity contribution in [2.24, 2.45) is 5.92 Å². The Balaban J connectivity index is 2.39. The lowest BCUT2D eigenvalue weighted by Crippen LogP contribution is -2.49. The summed E-state index contributed by atoms with van der Waals surface area (Å²) in [4.78, 5) is 14.4. The van der Waals surface area contributed by atoms with Crippen LogP contribution in [-0.2, 0) is 9.53 Å². The first-order valence-corrected chi connectivity index (χ1v) is 8.99. The highest BCUT2D eigenvalue weighted by Crippen LogP contribution is 2.22. The fourth-order valence-electron chi connectivity index (χ4n) is 2.41. The molecular formula is C16H32N2O2S. The monoisotopic (exact) mass is 316 g/mol. The molecule has 1 heterocycles. The molecular weight excluding hydrogens is 284 g/mol. The average Bonchev–Trinajstić information content (AvgIpc) is 2.41. The Morgan fingerprint density at radius 1 is 1.29 bits per heavy atom. The van der Waals surface area contributed by atoms with Gasteiger partial charge >= 0.3 is 0 Å². The number of rotatable bonds is 7. The van der Waals surface area contributed by atoms with Crippen molar-refractivity contribution in [1.29, 1.82) is 0 Å². The number of amides is 1. The molecule has 0 bridgehead atoms. The van der Waals surface area contributed by atoms with Gasteiger partial charge in [0.05, 0.1) is 19.0 Å². The van der Waals surface area contributed by atoms with E-state index in [0.29, 0.717) is 17.7 Å². The van der Waals surface area contributed by atoms with E-state index in [-0.39, 0.29) is 10.7 Å². The molecule has 1 rings (SSSR count). The van der Waals surface area contributed by atoms with Crippen LogP contribution >= 0.6 is 11.8 Å². The molecule has 0 radical (unpaired) electrons. The second-order valence-corrected chi connectivity index (χ2v) is 8.94. The van der Waals surface area contributed by atoms with Gasteiger partial charge in [0, 0.05) is 30.4 Å². The number of nitrogens with one attached hydrogen (secondary N) is 1. The van der Waals surface area contributed by atoms with E-state index in [0.717, 1.165) is 39.3 Å². The number of carbonyl (C=O) groups is 1. The van der Waals surface area contributed by atoms with Gasteiger partial charge < -0.3 is 10.1 Å². The van der Waals surface area contributed by atoms with Gasteiger partial charge in [-0.2, -0.15) is 0 Å². The normalized spacial score (nSPS) is 18.8. The quantitative estimate of drug-likeness (QED) is 0.783. The molecule has 0 spiro atoms. The Bertz CT molecular complexity index is 310. The summed E-state index contributed by atoms with van der Waals surface area (Å²) in [5, 5.41) is 3.12. The first-order valence-electron chi connectivity index (χ1n) is 8.00. The molecule has 0 aliphatic carbocycles. The summed E-state index contributed by atoms with van der Waals surface area (Å²) >= 11 is 1.70. The number of ether oxygens (including phenoxy) is 1. The van der Waals surface area contributed by atoms with Gasteiger partial charge in [0.2, 0.25) is 5.91 Å². The Labute approximate surface area is 134 Å². The van der Waals surface area contributed by atoms with Crippen molar-refractivity contribution >= 4 is 17.7 Å². The first kappa shape index (κ1) is 18.8. The average molecular weight is 317 g/mol. The molecule has 0 saturated carbocycles. The Hall–Kier alpha value is -0.260. The van der Waals surface area contributed by atoms with Crippen LogP contribution in [0.2, 0.25) is 0 Å². The summed E-state index contributed by atoms with van der Waals surface area (Å²) in [5.74, 6) is 1.33. The van der Waals surface area contributed by atoms with Gasteiger partial charge in [-0.25, -0.2) is 0 Å². The zero-order valence-electron chi connectivity index (χ0n) is 14.3. The number of hydrogen-bond acceptors (Lipinski definition) is 4. The van der Waals surface area contributed by atoms with Gasteiger partial charge in [-0.1, -0.05) is 34.6 Å². The maximum absolute atomic E-state index is 12.0. The largest absolute Gasteiger partial charge is 0.379 e. The molecule has 4 nitrogen and oxygen atoms in total. The molecule has 21 heavy (non-hydrogen) atoms. The van der Waals surface area contributed by atoms with Crippen LogP contribution in [0.3, 0.4) is 0 Å². The van der Waals surface area contributed by atoms with E-state index in [1.807, 2.05) is 0 Å². The molecule has 1 saturated heterocycles. The van der Waals surface area contributed by atoms with Crippen molar-refractivity contribution in [3.05, 3.63) is 0 Å². The maximum Gasteiger partial charge on any atom is 0.230 e. The molecule has 1 fully saturated rings. The molecule has 124 valence electrons. The fraction of sp³-hybridized carbons (Fsp3) is 0.938. The van der Waals surface area contributed by atoms with Crippen LogP contribution in [0.25, 0.3) is 0 Å². The minimum absolute atomic E-state index is 0.138. The number of nitrogens with zero attached hydrogens (tertiary/aromatic N) is 1. The van der Waals surface area contributed by atoms with Crippen LogP contribution in [0.15, 0.2) is 0 Å². The zero-order valence-corrected chi connectivity index (χ0v) is 15.1. The molecule has 0 aromatic heterocycles. The number of hydrogen-bond donors (Lipinski definition) is 1. The molecule has 1 amide bonds. The van der Waals surface area contributed by atoms with Crippen molar-refractivity contribution in [3.8, 4) is 0 Å². The highest BCUT2D eigenvalue weighted by molar-refractivity contribution is 8.01. The molecule has 1 N–H and O–H groups in total. The molecule has 1 aliphatic heterocycles. The zero-order chi connectivity index (χ0) is 15.9. The van der Waals surface area contributed by atoms with E-state index in [2.05, 4.69) is 44.8 Å². The van der Waals surface area contributed by atoms with E-state index < -0.39 is 0 Å². The lowest BCUT2D eigenvalue weighted by atomic mass is 10.0. The minimum atomic E-state index is 0.138. The predicted octanol–water partition coefficient (Wildman–Crippen LogP) is 2.38. The van der Waals surface area contributed by atoms with Gasteiger partial charge in [0.25, 0.3) is 0 Å². The number of thioether (sulfide) groups is 1. The van der Waals surface area contributed by atoms with Crippen molar-refractivity contribution in [3.63, 3.8) is 0 Å². The maximum atomic E-state index is 12.0. The summed E-state index contributed by atoms with van der Waals surface area (Å²) in [5.41, 5.74) is 0. The van der Waals surface area contributed by atoms with E-state index in [1.165, 1.54) is 0 Å². The van der Waals surface area contributed by atoms with E-state index >= 15 is 0 Å². The fourth-order valence-corrected chi connectivity index (χ4v) is 3.08. The van der Waals surface area contributed by atoms with E-state index in [1.54, 1.807) is 11.8 Å². The van der Waals surface area contributed by atoms with E-state index in [9.17, 15) is 4.79 Å². The van der Waals surface area contributed by atoms with Gasteiger partial charge in [-0.15, -0.1) is 11.8 Å². The van der Waals surface area contributed by atoms with E-state index in [4.69, 9.17) is 4.74 Å². The molecule has 5 heteroatoms. The van der Waals surface area contributed by atoms with Crippen LogP contribution in [0.4, 0.5) is 0 Å². The Kier molecular flexibility index (Phi) is 8.06. The summed E-state index contributed by atoms with van der Waals surface area (Å²) in [6.07, 6.45) is 1.12. The van der Waals surface area contributed by atoms with Gasteiger partial charge in [0.1, 0.15) is 0 Å². The summed E-state index contributed by atoms with van der Waals surface area (Å²) in [6.45, 7) is 15.2. The van der Waals surface area contributed by atoms with Crippen LogP contribution in [0.5, 0.6) is 0 Å². The van der Waals surface area contributed by atoms with Crippen LogP contribution in [0.1, 0.15) is 41.0 Å². The third kappa shape index (κ3) is 8.69. The Morgan fingerprint density at radius 2 is 1.90 bits per heavy atom. The summed E-state index contributed by atoms with van der Waals surface area (Å²) < 4.78 is 5.56. The minimum Gasteiger partial charge on any atom is -0.379 e. The van der Waals surface area contributed by atoms with Gasteiger partial charge in [0.15, 0.2) is 0 Å². The topological polar surface area (TPSA) is 41.6 Å². The summed E-state index contributed by atoms with van der Waals surface area (Å²) in [7, 11) is 0. The van der Waals surface area contributed by atoms with Crippen molar-refractivity contribution in [2.45, 2.75) is 51.8 Å². The predicted molar refractivity (Wildman–Crippen MR) is 90.9 cm³/mol. The molecule has 0 aromatic rings. The van der Waals surface area contributed by atoms with Crippen LogP contribution in [0, 0.1) is 5.92 Å². The Morgan fingerprint density at radius 3 is 2.43 bits per heavy atom. The summed E-state index contributed by atoms with van der Waals surface area (Å²) in [6, 6.07) is 0.428. The van der Waals surface area contributed by atoms with Crippen LogP contribution < -0.4 is 5.32 Å². The van der Waals surface area contributed by atoms with Crippen molar-refractivity contribution in [2.75, 3.05) is 38.6 Å². The smallest absolute Gasteiger partial charge is 0.230 e. The van der Waals surface area contributed by atoms with Crippen molar-refractivity contribution < 1.29 is 9.53 Å². The molecule has 1 unspecified atom stereocenters. The number of morpholine rings is 1. The highest BCUT2D eigenvalue weighted by atomic mass is 32.2. The van der Waals surface area contributed by atoms with Gasteiger partial charge in [-0.3, -0.25) is 9.69 Å². The highest BCUT2D eigenvalue weighted by Gasteiger charge is 2.22. The molecule has 1 aliphatic rings. The lowest BCUT2D eigenvalue weighted by molar-refractivity contribution is -0.119.